The summed E-state index contributed by atoms with van der Waals surface area (Å²) in [6, 6.07) is 4.76. The van der Waals surface area contributed by atoms with Crippen LogP contribution >= 0.6 is 11.6 Å². The number of nitrogens with one attached hydrogen (secondary N) is 2. The number of carbonyl (C=O) groups excluding carboxylic acids is 2. The van der Waals surface area contributed by atoms with Crippen molar-refractivity contribution in [3.63, 3.8) is 0 Å². The quantitative estimate of drug-likeness (QED) is 0.483. The lowest BCUT2D eigenvalue weighted by atomic mass is 10.1. The number of aromatic amines is 1. The molecule has 1 aliphatic heterocycles. The van der Waals surface area contributed by atoms with Crippen LogP contribution in [0.15, 0.2) is 54.3 Å². The monoisotopic (exact) mass is 438 g/mol. The van der Waals surface area contributed by atoms with Gasteiger partial charge in [-0.15, -0.1) is 0 Å². The Balaban J connectivity index is 1.58. The molecule has 0 aliphatic carbocycles. The van der Waals surface area contributed by atoms with Gasteiger partial charge in [-0.3, -0.25) is 9.59 Å². The molecule has 1 aliphatic rings. The number of H-pyrrole nitrogens is 1. The molecule has 2 N–H and O–H groups in total. The van der Waals surface area contributed by atoms with Crippen LogP contribution in [0.5, 0.6) is 0 Å². The summed E-state index contributed by atoms with van der Waals surface area (Å²) in [6.45, 7) is 5.65. The van der Waals surface area contributed by atoms with Gasteiger partial charge < -0.3 is 15.2 Å². The van der Waals surface area contributed by atoms with Gasteiger partial charge in [-0.25, -0.2) is 4.98 Å². The molecule has 6 nitrogen and oxygen atoms in total. The molecule has 0 bridgehead atoms. The first-order valence-corrected chi connectivity index (χ1v) is 10.8. The molecule has 0 fully saturated rings. The van der Waals surface area contributed by atoms with E-state index in [1.54, 1.807) is 23.2 Å². The van der Waals surface area contributed by atoms with Crippen molar-refractivity contribution in [2.45, 2.75) is 33.2 Å². The maximum atomic E-state index is 12.6. The number of imidazole rings is 1. The van der Waals surface area contributed by atoms with E-state index in [2.05, 4.69) is 34.4 Å². The zero-order chi connectivity index (χ0) is 22.2. The highest BCUT2D eigenvalue weighted by molar-refractivity contribution is 6.34. The summed E-state index contributed by atoms with van der Waals surface area (Å²) >= 11 is 6.31. The van der Waals surface area contributed by atoms with E-state index in [1.807, 2.05) is 25.2 Å². The van der Waals surface area contributed by atoms with Gasteiger partial charge in [0, 0.05) is 18.7 Å². The number of carbonyl (C=O) groups is 2. The standard InChI is InChI=1S/C24H27ClN4O2/c1-3-7-17(2)8-10-19-15-26-22(28-19)16-27-23(30)18-9-11-20(21(25)14-18)24(31)29-12-5-4-6-13-29/h4-5,7-11,14-15H,3,6,12-13,16H2,1-2H3,(H,26,28)(H,27,30)/b10-8-,17-7-. The molecule has 2 aromatic rings. The maximum absolute atomic E-state index is 12.6. The summed E-state index contributed by atoms with van der Waals surface area (Å²) in [5.41, 5.74) is 2.85. The van der Waals surface area contributed by atoms with Crippen molar-refractivity contribution in [3.05, 3.63) is 81.9 Å². The molecule has 3 rings (SSSR count). The Labute approximate surface area is 187 Å². The Bertz CT molecular complexity index is 1040. The molecular weight excluding hydrogens is 412 g/mol. The first-order chi connectivity index (χ1) is 15.0. The molecule has 2 amide bonds. The lowest BCUT2D eigenvalue weighted by Gasteiger charge is -2.23. The summed E-state index contributed by atoms with van der Waals surface area (Å²) < 4.78 is 0. The second kappa shape index (κ2) is 10.8. The average molecular weight is 439 g/mol. The Hall–Kier alpha value is -3.12. The van der Waals surface area contributed by atoms with Crippen molar-refractivity contribution in [1.29, 1.82) is 0 Å². The van der Waals surface area contributed by atoms with Gasteiger partial charge in [0.25, 0.3) is 11.8 Å². The van der Waals surface area contributed by atoms with Gasteiger partial charge in [-0.2, -0.15) is 0 Å². The van der Waals surface area contributed by atoms with E-state index in [4.69, 9.17) is 11.6 Å². The normalized spacial score (nSPS) is 14.3. The Morgan fingerprint density at radius 3 is 2.87 bits per heavy atom. The van der Waals surface area contributed by atoms with E-state index in [0.29, 0.717) is 30.0 Å². The van der Waals surface area contributed by atoms with Gasteiger partial charge in [0.1, 0.15) is 5.82 Å². The minimum atomic E-state index is -0.281. The van der Waals surface area contributed by atoms with Crippen molar-refractivity contribution < 1.29 is 9.59 Å². The number of nitrogens with zero attached hydrogens (tertiary/aromatic N) is 2. The topological polar surface area (TPSA) is 78.1 Å². The van der Waals surface area contributed by atoms with E-state index in [0.717, 1.165) is 18.5 Å². The highest BCUT2D eigenvalue weighted by atomic mass is 35.5. The number of hydrogen-bond donors (Lipinski definition) is 2. The maximum Gasteiger partial charge on any atom is 0.255 e. The van der Waals surface area contributed by atoms with Crippen LogP contribution in [0.4, 0.5) is 0 Å². The Morgan fingerprint density at radius 1 is 1.32 bits per heavy atom. The van der Waals surface area contributed by atoms with Crippen LogP contribution < -0.4 is 5.32 Å². The molecule has 7 heteroatoms. The molecule has 0 saturated carbocycles. The van der Waals surface area contributed by atoms with Crippen molar-refractivity contribution in [2.75, 3.05) is 13.1 Å². The zero-order valence-corrected chi connectivity index (χ0v) is 18.6. The highest BCUT2D eigenvalue weighted by Gasteiger charge is 2.19. The van der Waals surface area contributed by atoms with Crippen molar-refractivity contribution in [3.8, 4) is 0 Å². The number of rotatable bonds is 7. The lowest BCUT2D eigenvalue weighted by Crippen LogP contribution is -2.34. The molecule has 0 unspecified atom stereocenters. The fourth-order valence-electron chi connectivity index (χ4n) is 3.26. The van der Waals surface area contributed by atoms with Gasteiger partial charge >= 0.3 is 0 Å². The van der Waals surface area contributed by atoms with Gasteiger partial charge in [0.05, 0.1) is 29.0 Å². The molecule has 162 valence electrons. The zero-order valence-electron chi connectivity index (χ0n) is 17.8. The minimum absolute atomic E-state index is 0.124. The van der Waals surface area contributed by atoms with Gasteiger partial charge in [0.15, 0.2) is 0 Å². The van der Waals surface area contributed by atoms with E-state index < -0.39 is 0 Å². The largest absolute Gasteiger partial charge is 0.345 e. The molecular formula is C24H27ClN4O2. The van der Waals surface area contributed by atoms with E-state index in [-0.39, 0.29) is 23.4 Å². The van der Waals surface area contributed by atoms with Crippen LogP contribution in [0.2, 0.25) is 5.02 Å². The third kappa shape index (κ3) is 6.18. The summed E-state index contributed by atoms with van der Waals surface area (Å²) in [6.07, 6.45) is 13.7. The van der Waals surface area contributed by atoms with Crippen LogP contribution in [0.25, 0.3) is 6.08 Å². The van der Waals surface area contributed by atoms with Gasteiger partial charge in [0.2, 0.25) is 0 Å². The molecule has 2 heterocycles. The fourth-order valence-corrected chi connectivity index (χ4v) is 3.52. The van der Waals surface area contributed by atoms with Crippen LogP contribution in [0.1, 0.15) is 58.9 Å². The first kappa shape index (κ1) is 22.6. The van der Waals surface area contributed by atoms with Gasteiger partial charge in [-0.1, -0.05) is 48.4 Å². The van der Waals surface area contributed by atoms with Crippen LogP contribution in [-0.2, 0) is 6.54 Å². The summed E-state index contributed by atoms with van der Waals surface area (Å²) in [5, 5.41) is 3.09. The molecule has 0 atom stereocenters. The Morgan fingerprint density at radius 2 is 2.16 bits per heavy atom. The minimum Gasteiger partial charge on any atom is -0.345 e. The van der Waals surface area contributed by atoms with Crippen molar-refractivity contribution >= 4 is 29.5 Å². The lowest BCUT2D eigenvalue weighted by molar-refractivity contribution is 0.0770. The molecule has 1 aromatic carbocycles. The van der Waals surface area contributed by atoms with Crippen LogP contribution in [0, 0.1) is 0 Å². The number of hydrogen-bond acceptors (Lipinski definition) is 3. The van der Waals surface area contributed by atoms with E-state index in [9.17, 15) is 9.59 Å². The number of allylic oxidation sites excluding steroid dienone is 3. The number of amides is 2. The van der Waals surface area contributed by atoms with Gasteiger partial charge in [-0.05, 0) is 44.0 Å². The smallest absolute Gasteiger partial charge is 0.255 e. The van der Waals surface area contributed by atoms with Crippen LogP contribution in [-0.4, -0.2) is 39.8 Å². The fraction of sp³-hybridized carbons (Fsp3) is 0.292. The predicted molar refractivity (Wildman–Crippen MR) is 124 cm³/mol. The van der Waals surface area contributed by atoms with Crippen molar-refractivity contribution in [2.24, 2.45) is 0 Å². The van der Waals surface area contributed by atoms with Crippen LogP contribution in [0.3, 0.4) is 0 Å². The molecule has 0 radical (unpaired) electrons. The summed E-state index contributed by atoms with van der Waals surface area (Å²) in [7, 11) is 0. The molecule has 1 aromatic heterocycles. The molecule has 31 heavy (non-hydrogen) atoms. The van der Waals surface area contributed by atoms with E-state index in [1.165, 1.54) is 11.6 Å². The Kier molecular flexibility index (Phi) is 7.84. The number of aromatic nitrogens is 2. The third-order valence-corrected chi connectivity index (χ3v) is 5.24. The number of benzene rings is 1. The predicted octanol–water partition coefficient (Wildman–Crippen LogP) is 4.76. The average Bonchev–Trinajstić information content (AvgIpc) is 3.24. The second-order valence-electron chi connectivity index (χ2n) is 7.36. The summed E-state index contributed by atoms with van der Waals surface area (Å²) in [4.78, 5) is 34.3. The SMILES string of the molecule is CC/C=C(C)\C=C/c1cnc(CNC(=O)c2ccc(C(=O)N3CC=CCC3)c(Cl)c2)[nH]1. The van der Waals surface area contributed by atoms with Crippen molar-refractivity contribution in [1.82, 2.24) is 20.2 Å². The second-order valence-corrected chi connectivity index (χ2v) is 7.77. The van der Waals surface area contributed by atoms with E-state index >= 15 is 0 Å². The molecule has 0 saturated heterocycles. The summed E-state index contributed by atoms with van der Waals surface area (Å²) in [5.74, 6) is 0.250. The highest BCUT2D eigenvalue weighted by Crippen LogP contribution is 2.21. The molecule has 0 spiro atoms. The number of halogens is 1. The third-order valence-electron chi connectivity index (χ3n) is 4.92. The first-order valence-electron chi connectivity index (χ1n) is 10.4.